The lowest BCUT2D eigenvalue weighted by atomic mass is 10.0. The van der Waals surface area contributed by atoms with Crippen molar-refractivity contribution < 1.29 is 9.53 Å². The Morgan fingerprint density at radius 2 is 1.83 bits per heavy atom. The second-order valence-corrected chi connectivity index (χ2v) is 5.70. The first kappa shape index (κ1) is 16.8. The maximum Gasteiger partial charge on any atom is 0.244 e. The van der Waals surface area contributed by atoms with Crippen LogP contribution in [0.3, 0.4) is 0 Å². The van der Waals surface area contributed by atoms with Crippen LogP contribution in [0.1, 0.15) is 35.2 Å². The molecule has 0 aromatic heterocycles. The fraction of sp³-hybridized carbons (Fsp3) is 0.250. The number of carbonyl (C=O) groups excluding carboxylic acids is 1. The topological polar surface area (TPSA) is 38.3 Å². The molecule has 1 N–H and O–H groups in total. The number of aryl methyl sites for hydroxylation is 2. The van der Waals surface area contributed by atoms with Gasteiger partial charge in [0.15, 0.2) is 0 Å². The molecule has 2 aromatic rings. The van der Waals surface area contributed by atoms with Gasteiger partial charge in [-0.05, 0) is 55.7 Å². The Morgan fingerprint density at radius 1 is 1.13 bits per heavy atom. The van der Waals surface area contributed by atoms with Crippen molar-refractivity contribution in [2.75, 3.05) is 7.11 Å². The number of methoxy groups -OCH3 is 1. The molecule has 1 atom stereocenters. The molecular formula is C20H23NO2. The maximum atomic E-state index is 12.1. The third kappa shape index (κ3) is 4.71. The van der Waals surface area contributed by atoms with Crippen molar-refractivity contribution in [1.82, 2.24) is 5.32 Å². The highest BCUT2D eigenvalue weighted by Crippen LogP contribution is 2.18. The van der Waals surface area contributed by atoms with Crippen LogP contribution < -0.4 is 10.1 Å². The van der Waals surface area contributed by atoms with Crippen LogP contribution in [-0.2, 0) is 4.79 Å². The highest BCUT2D eigenvalue weighted by atomic mass is 16.5. The number of hydrogen-bond acceptors (Lipinski definition) is 2. The third-order valence-corrected chi connectivity index (χ3v) is 3.79. The molecule has 0 bridgehead atoms. The van der Waals surface area contributed by atoms with Crippen LogP contribution >= 0.6 is 0 Å². The van der Waals surface area contributed by atoms with E-state index >= 15 is 0 Å². The normalized spacial score (nSPS) is 12.2. The Morgan fingerprint density at radius 3 is 2.43 bits per heavy atom. The van der Waals surface area contributed by atoms with E-state index in [0.29, 0.717) is 0 Å². The zero-order chi connectivity index (χ0) is 16.8. The molecule has 0 saturated heterocycles. The molecule has 2 rings (SSSR count). The molecule has 0 aliphatic carbocycles. The van der Waals surface area contributed by atoms with Crippen molar-refractivity contribution in [1.29, 1.82) is 0 Å². The molecule has 0 heterocycles. The van der Waals surface area contributed by atoms with E-state index in [9.17, 15) is 4.79 Å². The van der Waals surface area contributed by atoms with E-state index in [4.69, 9.17) is 4.74 Å². The summed E-state index contributed by atoms with van der Waals surface area (Å²) in [6, 6.07) is 13.8. The number of rotatable bonds is 5. The standard InChI is InChI=1S/C20H23NO2/c1-14-5-11-19(15(2)13-14)16(3)21-20(22)12-8-17-6-9-18(23-4)10-7-17/h5-13,16H,1-4H3,(H,21,22)/b12-8+. The van der Waals surface area contributed by atoms with Crippen LogP contribution in [0.15, 0.2) is 48.5 Å². The van der Waals surface area contributed by atoms with Crippen molar-refractivity contribution in [3.05, 3.63) is 70.8 Å². The number of carbonyl (C=O) groups is 1. The van der Waals surface area contributed by atoms with Crippen LogP contribution in [0.2, 0.25) is 0 Å². The highest BCUT2D eigenvalue weighted by Gasteiger charge is 2.10. The van der Waals surface area contributed by atoms with Gasteiger partial charge in [-0.15, -0.1) is 0 Å². The molecule has 0 spiro atoms. The zero-order valence-corrected chi connectivity index (χ0v) is 14.1. The average molecular weight is 309 g/mol. The van der Waals surface area contributed by atoms with Crippen molar-refractivity contribution in [2.45, 2.75) is 26.8 Å². The molecular weight excluding hydrogens is 286 g/mol. The summed E-state index contributed by atoms with van der Waals surface area (Å²) in [7, 11) is 1.63. The summed E-state index contributed by atoms with van der Waals surface area (Å²) >= 11 is 0. The van der Waals surface area contributed by atoms with E-state index in [1.807, 2.05) is 31.2 Å². The van der Waals surface area contributed by atoms with Gasteiger partial charge in [-0.1, -0.05) is 35.9 Å². The summed E-state index contributed by atoms with van der Waals surface area (Å²) in [4.78, 5) is 12.1. The molecule has 0 aliphatic heterocycles. The molecule has 120 valence electrons. The minimum Gasteiger partial charge on any atom is -0.497 e. The summed E-state index contributed by atoms with van der Waals surface area (Å²) in [6.07, 6.45) is 3.35. The lowest BCUT2D eigenvalue weighted by Crippen LogP contribution is -2.25. The van der Waals surface area contributed by atoms with Crippen LogP contribution in [0.25, 0.3) is 6.08 Å². The van der Waals surface area contributed by atoms with Gasteiger partial charge in [0.05, 0.1) is 13.2 Å². The van der Waals surface area contributed by atoms with Gasteiger partial charge in [0.25, 0.3) is 0 Å². The summed E-state index contributed by atoms with van der Waals surface area (Å²) in [5.41, 5.74) is 4.52. The van der Waals surface area contributed by atoms with E-state index in [1.165, 1.54) is 11.1 Å². The fourth-order valence-corrected chi connectivity index (χ4v) is 2.54. The van der Waals surface area contributed by atoms with Gasteiger partial charge in [0.2, 0.25) is 5.91 Å². The first-order chi connectivity index (χ1) is 11.0. The van der Waals surface area contributed by atoms with E-state index in [2.05, 4.69) is 37.4 Å². The highest BCUT2D eigenvalue weighted by molar-refractivity contribution is 5.92. The van der Waals surface area contributed by atoms with Gasteiger partial charge in [-0.3, -0.25) is 4.79 Å². The van der Waals surface area contributed by atoms with E-state index in [0.717, 1.165) is 16.9 Å². The van der Waals surface area contributed by atoms with Crippen LogP contribution in [-0.4, -0.2) is 13.0 Å². The summed E-state index contributed by atoms with van der Waals surface area (Å²) in [5.74, 6) is 0.698. The SMILES string of the molecule is COc1ccc(/C=C/C(=O)NC(C)c2ccc(C)cc2C)cc1. The molecule has 3 heteroatoms. The molecule has 1 amide bonds. The van der Waals surface area contributed by atoms with Gasteiger partial charge in [-0.2, -0.15) is 0 Å². The molecule has 1 unspecified atom stereocenters. The van der Waals surface area contributed by atoms with Gasteiger partial charge in [0, 0.05) is 6.08 Å². The average Bonchev–Trinajstić information content (AvgIpc) is 2.53. The monoisotopic (exact) mass is 309 g/mol. The predicted molar refractivity (Wildman–Crippen MR) is 94.5 cm³/mol. The van der Waals surface area contributed by atoms with E-state index in [-0.39, 0.29) is 11.9 Å². The minimum atomic E-state index is -0.103. The Labute approximate surface area is 138 Å². The Hall–Kier alpha value is -2.55. The Bertz CT molecular complexity index is 702. The van der Waals surface area contributed by atoms with Crippen molar-refractivity contribution in [2.24, 2.45) is 0 Å². The molecule has 0 fully saturated rings. The number of benzene rings is 2. The Kier molecular flexibility index (Phi) is 5.58. The number of hydrogen-bond donors (Lipinski definition) is 1. The van der Waals surface area contributed by atoms with Gasteiger partial charge < -0.3 is 10.1 Å². The number of amides is 1. The van der Waals surface area contributed by atoms with Gasteiger partial charge in [0.1, 0.15) is 5.75 Å². The summed E-state index contributed by atoms with van der Waals surface area (Å²) in [5, 5.41) is 3.00. The number of nitrogens with one attached hydrogen (secondary N) is 1. The first-order valence-electron chi connectivity index (χ1n) is 7.69. The zero-order valence-electron chi connectivity index (χ0n) is 14.1. The molecule has 23 heavy (non-hydrogen) atoms. The smallest absolute Gasteiger partial charge is 0.244 e. The number of ether oxygens (including phenoxy) is 1. The third-order valence-electron chi connectivity index (χ3n) is 3.79. The Balaban J connectivity index is 1.99. The lowest BCUT2D eigenvalue weighted by Gasteiger charge is -2.16. The van der Waals surface area contributed by atoms with Crippen molar-refractivity contribution in [3.63, 3.8) is 0 Å². The summed E-state index contributed by atoms with van der Waals surface area (Å²) < 4.78 is 5.11. The molecule has 0 aliphatic rings. The van der Waals surface area contributed by atoms with Crippen LogP contribution in [0, 0.1) is 13.8 Å². The van der Waals surface area contributed by atoms with Crippen LogP contribution in [0.5, 0.6) is 5.75 Å². The van der Waals surface area contributed by atoms with Gasteiger partial charge >= 0.3 is 0 Å². The van der Waals surface area contributed by atoms with E-state index < -0.39 is 0 Å². The molecule has 3 nitrogen and oxygen atoms in total. The van der Waals surface area contributed by atoms with Crippen LogP contribution in [0.4, 0.5) is 0 Å². The van der Waals surface area contributed by atoms with Crippen molar-refractivity contribution >= 4 is 12.0 Å². The first-order valence-corrected chi connectivity index (χ1v) is 7.69. The fourth-order valence-electron chi connectivity index (χ4n) is 2.54. The molecule has 0 radical (unpaired) electrons. The van der Waals surface area contributed by atoms with E-state index in [1.54, 1.807) is 19.3 Å². The largest absolute Gasteiger partial charge is 0.497 e. The minimum absolute atomic E-state index is 0.0244. The van der Waals surface area contributed by atoms with Gasteiger partial charge in [-0.25, -0.2) is 0 Å². The maximum absolute atomic E-state index is 12.1. The molecule has 0 saturated carbocycles. The predicted octanol–water partition coefficient (Wildman–Crippen LogP) is 4.20. The summed E-state index contributed by atoms with van der Waals surface area (Å²) in [6.45, 7) is 6.13. The lowest BCUT2D eigenvalue weighted by molar-refractivity contribution is -0.117. The second kappa shape index (κ2) is 7.63. The van der Waals surface area contributed by atoms with Crippen molar-refractivity contribution in [3.8, 4) is 5.75 Å². The quantitative estimate of drug-likeness (QED) is 0.841. The second-order valence-electron chi connectivity index (χ2n) is 5.70. The molecule has 2 aromatic carbocycles.